The topological polar surface area (TPSA) is 72.0 Å². The molecule has 1 aromatic heterocycles. The molecule has 0 aromatic carbocycles. The summed E-state index contributed by atoms with van der Waals surface area (Å²) < 4.78 is 12.1. The first-order chi connectivity index (χ1) is 20.9. The van der Waals surface area contributed by atoms with Crippen LogP contribution in [0.4, 0.5) is 4.79 Å². The summed E-state index contributed by atoms with van der Waals surface area (Å²) >= 11 is 0. The molecule has 4 rings (SSSR count). The van der Waals surface area contributed by atoms with Crippen LogP contribution < -0.4 is 0 Å². The Bertz CT molecular complexity index is 1080. The average molecular weight is 592 g/mol. The third-order valence-corrected chi connectivity index (χ3v) is 9.26. The van der Waals surface area contributed by atoms with Crippen LogP contribution in [-0.2, 0) is 14.3 Å². The number of allylic oxidation sites excluding steroid dienone is 3. The number of hydrogen-bond donors (Lipinski definition) is 0. The van der Waals surface area contributed by atoms with E-state index in [1.54, 1.807) is 0 Å². The van der Waals surface area contributed by atoms with E-state index in [1.165, 1.54) is 38.5 Å². The van der Waals surface area contributed by atoms with Crippen molar-refractivity contribution in [1.29, 1.82) is 0 Å². The molecule has 1 saturated carbocycles. The predicted octanol–water partition coefficient (Wildman–Crippen LogP) is 7.60. The summed E-state index contributed by atoms with van der Waals surface area (Å²) in [5.41, 5.74) is 1.99. The fourth-order valence-corrected chi connectivity index (χ4v) is 6.51. The summed E-state index contributed by atoms with van der Waals surface area (Å²) in [6.07, 6.45) is 22.9. The maximum atomic E-state index is 13.2. The highest BCUT2D eigenvalue weighted by molar-refractivity contribution is 5.70. The molecule has 2 aliphatic heterocycles. The van der Waals surface area contributed by atoms with Crippen molar-refractivity contribution < 1.29 is 19.1 Å². The van der Waals surface area contributed by atoms with Gasteiger partial charge in [-0.15, -0.1) is 0 Å². The van der Waals surface area contributed by atoms with Gasteiger partial charge in [-0.1, -0.05) is 76.3 Å². The molecule has 1 saturated heterocycles. The Morgan fingerprint density at radius 3 is 2.44 bits per heavy atom. The zero-order valence-corrected chi connectivity index (χ0v) is 26.7. The summed E-state index contributed by atoms with van der Waals surface area (Å²) in [5.74, 6) is -0.0439. The number of aromatic nitrogens is 1. The predicted molar refractivity (Wildman–Crippen MR) is 172 cm³/mol. The first-order valence-electron chi connectivity index (χ1n) is 16.7. The lowest BCUT2D eigenvalue weighted by molar-refractivity contribution is -0.148. The zero-order valence-electron chi connectivity index (χ0n) is 26.7. The number of pyridine rings is 1. The van der Waals surface area contributed by atoms with E-state index < -0.39 is 0 Å². The number of hydrogen-bond acceptors (Lipinski definition) is 6. The quantitative estimate of drug-likeness (QED) is 0.147. The molecular formula is C36H53N3O4. The van der Waals surface area contributed by atoms with Gasteiger partial charge in [-0.25, -0.2) is 4.79 Å². The highest BCUT2D eigenvalue weighted by Crippen LogP contribution is 2.25. The van der Waals surface area contributed by atoms with E-state index in [1.807, 2.05) is 54.4 Å². The number of nitrogens with zero attached hydrogens (tertiary/aromatic N) is 3. The standard InChI is InChI=1S/C36H53N3O4/c1-28(33-19-11-12-23-37-33)14-13-15-29(2)35-30(3)21-22-32(18-9-6-10-20-34(40)43-35)42-36(41)39-26-24-38(25-27-39)31-16-7-4-5-8-17-31/h11-15,19,21-23,28,30-32,35H,4-10,16-18,20,24-27H2,1-3H3/b14-13+,22-21-,29-15+/t28-,30+,32-,35-/m1/s1. The highest BCUT2D eigenvalue weighted by Gasteiger charge is 2.29. The lowest BCUT2D eigenvalue weighted by atomic mass is 9.95. The minimum absolute atomic E-state index is 0.0643. The molecular weight excluding hydrogens is 538 g/mol. The summed E-state index contributed by atoms with van der Waals surface area (Å²) in [7, 11) is 0. The van der Waals surface area contributed by atoms with Gasteiger partial charge in [-0.05, 0) is 62.8 Å². The Labute approximate surface area is 259 Å². The fourth-order valence-electron chi connectivity index (χ4n) is 6.51. The molecule has 7 heteroatoms. The van der Waals surface area contributed by atoms with Crippen LogP contribution in [0, 0.1) is 5.92 Å². The molecule has 3 aliphatic rings. The van der Waals surface area contributed by atoms with Crippen LogP contribution in [0.15, 0.2) is 60.3 Å². The minimum Gasteiger partial charge on any atom is -0.457 e. The third-order valence-electron chi connectivity index (χ3n) is 9.26. The second-order valence-corrected chi connectivity index (χ2v) is 12.7. The van der Waals surface area contributed by atoms with Crippen molar-refractivity contribution in [2.75, 3.05) is 26.2 Å². The maximum absolute atomic E-state index is 13.2. The van der Waals surface area contributed by atoms with Crippen LogP contribution in [0.25, 0.3) is 0 Å². The van der Waals surface area contributed by atoms with Gasteiger partial charge < -0.3 is 14.4 Å². The van der Waals surface area contributed by atoms with E-state index in [-0.39, 0.29) is 36.1 Å². The number of carbonyl (C=O) groups is 2. The number of piperazine rings is 1. The number of esters is 1. The molecule has 43 heavy (non-hydrogen) atoms. The summed E-state index contributed by atoms with van der Waals surface area (Å²) in [4.78, 5) is 34.8. The maximum Gasteiger partial charge on any atom is 0.410 e. The van der Waals surface area contributed by atoms with Crippen molar-refractivity contribution >= 4 is 12.1 Å². The van der Waals surface area contributed by atoms with Crippen molar-refractivity contribution in [2.45, 2.75) is 116 Å². The van der Waals surface area contributed by atoms with Gasteiger partial charge in [-0.2, -0.15) is 0 Å². The Morgan fingerprint density at radius 2 is 1.72 bits per heavy atom. The Kier molecular flexibility index (Phi) is 13.3. The number of carbonyl (C=O) groups excluding carboxylic acids is 2. The van der Waals surface area contributed by atoms with Crippen LogP contribution in [0.2, 0.25) is 0 Å². The van der Waals surface area contributed by atoms with Gasteiger partial charge >= 0.3 is 12.1 Å². The monoisotopic (exact) mass is 591 g/mol. The number of cyclic esters (lactones) is 1. The van der Waals surface area contributed by atoms with Gasteiger partial charge in [0.15, 0.2) is 0 Å². The molecule has 0 N–H and O–H groups in total. The summed E-state index contributed by atoms with van der Waals surface area (Å²) in [5, 5.41) is 0. The molecule has 0 spiro atoms. The molecule has 1 aromatic rings. The zero-order chi connectivity index (χ0) is 30.4. The third kappa shape index (κ3) is 10.6. The molecule has 3 heterocycles. The normalized spacial score (nSPS) is 27.4. The molecule has 4 atom stereocenters. The molecule has 0 bridgehead atoms. The number of ether oxygens (including phenoxy) is 2. The van der Waals surface area contributed by atoms with Gasteiger partial charge in [0.2, 0.25) is 0 Å². The van der Waals surface area contributed by atoms with E-state index in [0.29, 0.717) is 12.5 Å². The smallest absolute Gasteiger partial charge is 0.410 e. The van der Waals surface area contributed by atoms with Crippen molar-refractivity contribution in [3.8, 4) is 0 Å². The van der Waals surface area contributed by atoms with Crippen LogP contribution in [-0.4, -0.2) is 71.3 Å². The minimum atomic E-state index is -0.383. The molecule has 7 nitrogen and oxygen atoms in total. The molecule has 2 fully saturated rings. The van der Waals surface area contributed by atoms with Crippen molar-refractivity contribution in [3.63, 3.8) is 0 Å². The summed E-state index contributed by atoms with van der Waals surface area (Å²) in [6, 6.07) is 6.61. The van der Waals surface area contributed by atoms with Crippen LogP contribution in [0.1, 0.15) is 103 Å². The Hall–Kier alpha value is -2.93. The Morgan fingerprint density at radius 1 is 1.00 bits per heavy atom. The molecule has 0 unspecified atom stereocenters. The summed E-state index contributed by atoms with van der Waals surface area (Å²) in [6.45, 7) is 9.52. The lowest BCUT2D eigenvalue weighted by Crippen LogP contribution is -2.52. The van der Waals surface area contributed by atoms with Crippen molar-refractivity contribution in [3.05, 3.63) is 66.0 Å². The highest BCUT2D eigenvalue weighted by atomic mass is 16.6. The Balaban J connectivity index is 1.36. The lowest BCUT2D eigenvalue weighted by Gasteiger charge is -2.39. The molecule has 1 aliphatic carbocycles. The number of rotatable bonds is 6. The van der Waals surface area contributed by atoms with E-state index >= 15 is 0 Å². The van der Waals surface area contributed by atoms with Crippen LogP contribution >= 0.6 is 0 Å². The van der Waals surface area contributed by atoms with Gasteiger partial charge in [0, 0.05) is 62.4 Å². The second kappa shape index (κ2) is 17.4. The van der Waals surface area contributed by atoms with Gasteiger partial charge in [0.05, 0.1) is 0 Å². The molecule has 1 amide bonds. The average Bonchev–Trinajstić information content (AvgIpc) is 3.31. The van der Waals surface area contributed by atoms with Crippen molar-refractivity contribution in [2.24, 2.45) is 5.92 Å². The number of amides is 1. The largest absolute Gasteiger partial charge is 0.457 e. The molecule has 0 radical (unpaired) electrons. The van der Waals surface area contributed by atoms with Gasteiger partial charge in [0.1, 0.15) is 12.2 Å². The van der Waals surface area contributed by atoms with Crippen molar-refractivity contribution in [1.82, 2.24) is 14.8 Å². The first kappa shape index (κ1) is 33.0. The van der Waals surface area contributed by atoms with Gasteiger partial charge in [-0.3, -0.25) is 14.7 Å². The van der Waals surface area contributed by atoms with E-state index in [2.05, 4.69) is 35.9 Å². The van der Waals surface area contributed by atoms with Crippen LogP contribution in [0.3, 0.4) is 0 Å². The fraction of sp³-hybridized carbons (Fsp3) is 0.639. The first-order valence-corrected chi connectivity index (χ1v) is 16.7. The van der Waals surface area contributed by atoms with E-state index in [4.69, 9.17) is 9.47 Å². The van der Waals surface area contributed by atoms with E-state index in [0.717, 1.165) is 63.1 Å². The molecule has 236 valence electrons. The van der Waals surface area contributed by atoms with E-state index in [9.17, 15) is 9.59 Å². The second-order valence-electron chi connectivity index (χ2n) is 12.7. The van der Waals surface area contributed by atoms with Crippen LogP contribution in [0.5, 0.6) is 0 Å². The van der Waals surface area contributed by atoms with Gasteiger partial charge in [0.25, 0.3) is 0 Å². The SMILES string of the molecule is C/C(=C\C=C\[C@@H](C)c1ccccn1)[C@H]1OC(=O)CCCCC[C@@H](OC(=O)N2CCN(C3CCCCCC3)CC2)/C=C\[C@@H]1C.